The minimum atomic E-state index is -4.99. The van der Waals surface area contributed by atoms with Gasteiger partial charge in [-0.2, -0.15) is 26.3 Å². The first kappa shape index (κ1) is 26.2. The van der Waals surface area contributed by atoms with Crippen LogP contribution < -0.4 is 5.32 Å². The van der Waals surface area contributed by atoms with Crippen molar-refractivity contribution >= 4 is 6.09 Å². The number of carbonyl (C=O) groups excluding carboxylic acids is 1. The summed E-state index contributed by atoms with van der Waals surface area (Å²) in [5.41, 5.74) is -3.12. The molecule has 1 saturated carbocycles. The molecule has 4 rings (SSSR count). The van der Waals surface area contributed by atoms with Crippen LogP contribution in [0, 0.1) is 12.7 Å². The van der Waals surface area contributed by atoms with Gasteiger partial charge in [-0.05, 0) is 66.8 Å². The Balaban J connectivity index is 1.60. The van der Waals surface area contributed by atoms with E-state index >= 15 is 0 Å². The van der Waals surface area contributed by atoms with Gasteiger partial charge in [0, 0.05) is 26.7 Å². The number of hydrogen-bond acceptors (Lipinski definition) is 4. The first-order valence-electron chi connectivity index (χ1n) is 11.2. The molecule has 1 aliphatic carbocycles. The summed E-state index contributed by atoms with van der Waals surface area (Å²) in [6.07, 6.45) is -10.5. The normalized spacial score (nSPS) is 20.2. The topological polar surface area (TPSA) is 44.8 Å². The fraction of sp³-hybridized carbons (Fsp3) is 0.458. The van der Waals surface area contributed by atoms with Crippen LogP contribution in [0.1, 0.15) is 46.7 Å². The molecule has 0 aromatic heterocycles. The second-order valence-corrected chi connectivity index (χ2v) is 9.10. The smallest absolute Gasteiger partial charge is 0.350 e. The standard InChI is InChI=1S/C24H24F7N3O2/c1-14-9-18(25)3-4-19(14)20-13-32-7-8-34(20)36-21(35)33(2)22(5-6-22)15-10-16(23(26,27)28)12-17(11-15)24(29,30)31/h3-4,9-12,20,32H,5-8,13H2,1-2H3/t20-/m1/s1. The Morgan fingerprint density at radius 2 is 1.67 bits per heavy atom. The minimum Gasteiger partial charge on any atom is -0.350 e. The molecule has 1 aliphatic heterocycles. The zero-order valence-electron chi connectivity index (χ0n) is 19.4. The van der Waals surface area contributed by atoms with Crippen molar-refractivity contribution in [2.45, 2.75) is 43.7 Å². The highest BCUT2D eigenvalue weighted by Gasteiger charge is 2.53. The van der Waals surface area contributed by atoms with Crippen molar-refractivity contribution < 1.29 is 40.4 Å². The molecule has 1 amide bonds. The maximum absolute atomic E-state index is 13.6. The molecule has 1 heterocycles. The summed E-state index contributed by atoms with van der Waals surface area (Å²) in [7, 11) is 1.29. The number of alkyl halides is 6. The number of carbonyl (C=O) groups is 1. The van der Waals surface area contributed by atoms with Crippen molar-refractivity contribution in [1.29, 1.82) is 0 Å². The van der Waals surface area contributed by atoms with E-state index in [-0.39, 0.29) is 31.0 Å². The minimum absolute atomic E-state index is 0.0637. The highest BCUT2D eigenvalue weighted by molar-refractivity contribution is 5.69. The largest absolute Gasteiger partial charge is 0.429 e. The van der Waals surface area contributed by atoms with E-state index in [9.17, 15) is 35.5 Å². The third kappa shape index (κ3) is 5.15. The van der Waals surface area contributed by atoms with Gasteiger partial charge in [-0.1, -0.05) is 6.07 Å². The van der Waals surface area contributed by atoms with Crippen LogP contribution >= 0.6 is 0 Å². The van der Waals surface area contributed by atoms with Gasteiger partial charge in [-0.15, -0.1) is 5.06 Å². The van der Waals surface area contributed by atoms with Crippen LogP contribution in [0.4, 0.5) is 35.5 Å². The number of hydrogen-bond donors (Lipinski definition) is 1. The third-order valence-electron chi connectivity index (χ3n) is 6.75. The predicted molar refractivity (Wildman–Crippen MR) is 115 cm³/mol. The highest BCUT2D eigenvalue weighted by Crippen LogP contribution is 2.52. The van der Waals surface area contributed by atoms with E-state index in [4.69, 9.17) is 4.84 Å². The van der Waals surface area contributed by atoms with Crippen LogP contribution in [0.2, 0.25) is 0 Å². The third-order valence-corrected chi connectivity index (χ3v) is 6.75. The molecule has 0 radical (unpaired) electrons. The predicted octanol–water partition coefficient (Wildman–Crippen LogP) is 5.79. The number of piperazine rings is 1. The fourth-order valence-corrected chi connectivity index (χ4v) is 4.57. The molecule has 1 atom stereocenters. The number of hydroxylamine groups is 2. The van der Waals surface area contributed by atoms with E-state index in [1.54, 1.807) is 13.0 Å². The monoisotopic (exact) mass is 519 g/mol. The number of nitrogens with one attached hydrogen (secondary N) is 1. The summed E-state index contributed by atoms with van der Waals surface area (Å²) in [5.74, 6) is -0.418. The fourth-order valence-electron chi connectivity index (χ4n) is 4.57. The van der Waals surface area contributed by atoms with Gasteiger partial charge >= 0.3 is 18.4 Å². The van der Waals surface area contributed by atoms with Gasteiger partial charge in [0.2, 0.25) is 0 Å². The molecule has 12 heteroatoms. The molecule has 0 bridgehead atoms. The SMILES string of the molecule is Cc1cc(F)ccc1[C@H]1CNCCN1OC(=O)N(C)C1(c2cc(C(F)(F)F)cc(C(F)(F)F)c2)CC1. The number of aryl methyl sites for hydroxylation is 1. The van der Waals surface area contributed by atoms with Crippen molar-refractivity contribution in [3.05, 3.63) is 70.0 Å². The number of rotatable bonds is 4. The van der Waals surface area contributed by atoms with Gasteiger partial charge in [0.25, 0.3) is 0 Å². The van der Waals surface area contributed by atoms with Crippen molar-refractivity contribution in [1.82, 2.24) is 15.3 Å². The summed E-state index contributed by atoms with van der Waals surface area (Å²) >= 11 is 0. The maximum atomic E-state index is 13.6. The molecule has 1 N–H and O–H groups in total. The zero-order valence-corrected chi connectivity index (χ0v) is 19.4. The van der Waals surface area contributed by atoms with E-state index < -0.39 is 47.0 Å². The quantitative estimate of drug-likeness (QED) is 0.520. The Bertz CT molecular complexity index is 1110. The van der Waals surface area contributed by atoms with Gasteiger partial charge in [0.1, 0.15) is 5.82 Å². The van der Waals surface area contributed by atoms with Crippen molar-refractivity contribution in [2.75, 3.05) is 26.7 Å². The lowest BCUT2D eigenvalue weighted by Gasteiger charge is -2.37. The van der Waals surface area contributed by atoms with Crippen LogP contribution in [0.15, 0.2) is 36.4 Å². The summed E-state index contributed by atoms with van der Waals surface area (Å²) in [4.78, 5) is 19.7. The van der Waals surface area contributed by atoms with Crippen molar-refractivity contribution in [3.63, 3.8) is 0 Å². The Morgan fingerprint density at radius 1 is 1.06 bits per heavy atom. The Labute approximate surface area is 202 Å². The average Bonchev–Trinajstić information content (AvgIpc) is 3.60. The van der Waals surface area contributed by atoms with Gasteiger partial charge < -0.3 is 15.1 Å². The molecule has 1 saturated heterocycles. The first-order chi connectivity index (χ1) is 16.7. The Hall–Kier alpha value is -2.86. The summed E-state index contributed by atoms with van der Waals surface area (Å²) in [6.45, 7) is 2.85. The average molecular weight is 519 g/mol. The van der Waals surface area contributed by atoms with Crippen molar-refractivity contribution in [2.24, 2.45) is 0 Å². The zero-order chi connectivity index (χ0) is 26.5. The van der Waals surface area contributed by atoms with Crippen LogP contribution in [0.25, 0.3) is 0 Å². The molecular weight excluding hydrogens is 495 g/mol. The molecule has 196 valence electrons. The lowest BCUT2D eigenvalue weighted by Crippen LogP contribution is -2.49. The molecule has 2 fully saturated rings. The maximum Gasteiger partial charge on any atom is 0.429 e. The van der Waals surface area contributed by atoms with Crippen LogP contribution in [0.5, 0.6) is 0 Å². The van der Waals surface area contributed by atoms with Crippen LogP contribution in [-0.2, 0) is 22.7 Å². The second-order valence-electron chi connectivity index (χ2n) is 9.10. The van der Waals surface area contributed by atoms with Crippen LogP contribution in [-0.4, -0.2) is 42.7 Å². The second kappa shape index (κ2) is 9.22. The molecule has 0 unspecified atom stereocenters. The molecule has 36 heavy (non-hydrogen) atoms. The Morgan fingerprint density at radius 3 is 2.19 bits per heavy atom. The molecule has 5 nitrogen and oxygen atoms in total. The number of halogens is 7. The number of nitrogens with zero attached hydrogens (tertiary/aromatic N) is 2. The van der Waals surface area contributed by atoms with E-state index in [0.717, 1.165) is 4.90 Å². The van der Waals surface area contributed by atoms with Crippen molar-refractivity contribution in [3.8, 4) is 0 Å². The lowest BCUT2D eigenvalue weighted by atomic mass is 9.97. The van der Waals surface area contributed by atoms with E-state index in [1.807, 2.05) is 0 Å². The van der Waals surface area contributed by atoms with E-state index in [0.29, 0.717) is 36.3 Å². The van der Waals surface area contributed by atoms with Gasteiger partial charge in [-0.3, -0.25) is 0 Å². The summed E-state index contributed by atoms with van der Waals surface area (Å²) in [6, 6.07) is 5.13. The lowest BCUT2D eigenvalue weighted by molar-refractivity contribution is -0.153. The molecule has 2 aromatic rings. The number of benzene rings is 2. The summed E-state index contributed by atoms with van der Waals surface area (Å²) in [5, 5.41) is 4.57. The van der Waals surface area contributed by atoms with Gasteiger partial charge in [0.05, 0.1) is 22.7 Å². The van der Waals surface area contributed by atoms with E-state index in [1.165, 1.54) is 24.2 Å². The first-order valence-corrected chi connectivity index (χ1v) is 11.2. The van der Waals surface area contributed by atoms with Gasteiger partial charge in [-0.25, -0.2) is 9.18 Å². The Kier molecular flexibility index (Phi) is 6.71. The van der Waals surface area contributed by atoms with E-state index in [2.05, 4.69) is 5.32 Å². The summed E-state index contributed by atoms with van der Waals surface area (Å²) < 4.78 is 93.8. The number of amides is 1. The molecular formula is C24H24F7N3O2. The van der Waals surface area contributed by atoms with Gasteiger partial charge in [0.15, 0.2) is 0 Å². The van der Waals surface area contributed by atoms with Crippen LogP contribution in [0.3, 0.4) is 0 Å². The molecule has 2 aliphatic rings. The molecule has 0 spiro atoms. The highest BCUT2D eigenvalue weighted by atomic mass is 19.4. The molecule has 2 aromatic carbocycles.